The van der Waals surface area contributed by atoms with Crippen molar-refractivity contribution in [2.24, 2.45) is 17.6 Å². The van der Waals surface area contributed by atoms with E-state index in [1.54, 1.807) is 0 Å². The molecule has 0 saturated carbocycles. The number of hydrogen-bond donors (Lipinski definition) is 3. The highest BCUT2D eigenvalue weighted by molar-refractivity contribution is 5.77. The first kappa shape index (κ1) is 15.4. The summed E-state index contributed by atoms with van der Waals surface area (Å²) in [5, 5.41) is 16.0. The van der Waals surface area contributed by atoms with Crippen LogP contribution >= 0.6 is 0 Å². The van der Waals surface area contributed by atoms with Gasteiger partial charge in [0, 0.05) is 30.6 Å². The Bertz CT molecular complexity index is 694. The van der Waals surface area contributed by atoms with Crippen molar-refractivity contribution in [1.29, 1.82) is 5.26 Å². The monoisotopic (exact) mass is 306 g/mol. The highest BCUT2D eigenvalue weighted by Gasteiger charge is 2.27. The average molecular weight is 306 g/mol. The lowest BCUT2D eigenvalue weighted by molar-refractivity contribution is 0.449. The third-order valence-corrected chi connectivity index (χ3v) is 4.36. The smallest absolute Gasteiger partial charge is 0.0991 e. The number of nitrogens with one attached hydrogen (secondary N) is 2. The van der Waals surface area contributed by atoms with E-state index in [0.717, 1.165) is 25.1 Å². The summed E-state index contributed by atoms with van der Waals surface area (Å²) in [4.78, 5) is 0. The number of hydrogen-bond acceptors (Lipinski definition) is 4. The first-order valence-corrected chi connectivity index (χ1v) is 8.10. The quantitative estimate of drug-likeness (QED) is 0.729. The first-order chi connectivity index (χ1) is 11.3. The van der Waals surface area contributed by atoms with Gasteiger partial charge in [0.15, 0.2) is 0 Å². The maximum absolute atomic E-state index is 9.11. The van der Waals surface area contributed by atoms with Crippen LogP contribution in [0.3, 0.4) is 0 Å². The molecule has 0 aromatic heterocycles. The fourth-order valence-corrected chi connectivity index (χ4v) is 3.13. The van der Waals surface area contributed by atoms with Crippen molar-refractivity contribution in [3.8, 4) is 6.07 Å². The van der Waals surface area contributed by atoms with Crippen LogP contribution in [-0.2, 0) is 0 Å². The summed E-state index contributed by atoms with van der Waals surface area (Å²) < 4.78 is 0. The van der Waals surface area contributed by atoms with Gasteiger partial charge in [0.05, 0.1) is 11.6 Å². The molecule has 0 saturated heterocycles. The van der Waals surface area contributed by atoms with Gasteiger partial charge in [-0.25, -0.2) is 0 Å². The van der Waals surface area contributed by atoms with E-state index < -0.39 is 0 Å². The summed E-state index contributed by atoms with van der Waals surface area (Å²) in [7, 11) is 0. The molecule has 1 aromatic carbocycles. The number of nitrogens with zero attached hydrogens (tertiary/aromatic N) is 1. The molecular formula is C19H22N4. The maximum atomic E-state index is 9.11. The third kappa shape index (κ3) is 3.46. The first-order valence-electron chi connectivity index (χ1n) is 8.10. The highest BCUT2D eigenvalue weighted by atomic mass is 14.9. The van der Waals surface area contributed by atoms with Crippen LogP contribution in [0.25, 0.3) is 5.57 Å². The minimum atomic E-state index is 0.377. The van der Waals surface area contributed by atoms with Gasteiger partial charge >= 0.3 is 0 Å². The summed E-state index contributed by atoms with van der Waals surface area (Å²) in [6, 6.07) is 10.0. The highest BCUT2D eigenvalue weighted by Crippen LogP contribution is 2.34. The molecular weight excluding hydrogens is 284 g/mol. The van der Waals surface area contributed by atoms with E-state index in [4.69, 9.17) is 11.0 Å². The standard InChI is InChI=1S/C19H22N4/c20-6-2-7-23-19-11-17(10-16-5-8-22-13-18(16)19)15-4-1-3-14(9-15)12-21/h1,3-5,8-11,16,18,22-23H,2,6-7,13,20H2. The van der Waals surface area contributed by atoms with Gasteiger partial charge in [-0.05, 0) is 48.5 Å². The molecule has 0 spiro atoms. The molecule has 2 unspecified atom stereocenters. The molecule has 0 bridgehead atoms. The number of rotatable bonds is 5. The van der Waals surface area contributed by atoms with Gasteiger partial charge in [0.25, 0.3) is 0 Å². The number of fused-ring (bicyclic) bond motifs is 1. The minimum Gasteiger partial charge on any atom is -0.390 e. The molecule has 0 radical (unpaired) electrons. The van der Waals surface area contributed by atoms with Crippen molar-refractivity contribution in [2.45, 2.75) is 6.42 Å². The number of benzene rings is 1. The minimum absolute atomic E-state index is 0.377. The molecule has 0 fully saturated rings. The zero-order valence-electron chi connectivity index (χ0n) is 13.1. The van der Waals surface area contributed by atoms with Crippen molar-refractivity contribution < 1.29 is 0 Å². The summed E-state index contributed by atoms with van der Waals surface area (Å²) >= 11 is 0. The Labute approximate surface area is 137 Å². The van der Waals surface area contributed by atoms with Gasteiger partial charge in [0.2, 0.25) is 0 Å². The van der Waals surface area contributed by atoms with Crippen LogP contribution in [-0.4, -0.2) is 19.6 Å². The van der Waals surface area contributed by atoms with Crippen LogP contribution in [0.1, 0.15) is 17.5 Å². The predicted octanol–water partition coefficient (Wildman–Crippen LogP) is 2.13. The molecule has 4 N–H and O–H groups in total. The third-order valence-electron chi connectivity index (χ3n) is 4.36. The van der Waals surface area contributed by atoms with Crippen LogP contribution in [0.5, 0.6) is 0 Å². The molecule has 118 valence electrons. The lowest BCUT2D eigenvalue weighted by Gasteiger charge is -2.33. The molecule has 4 heteroatoms. The average Bonchev–Trinajstić information content (AvgIpc) is 2.61. The van der Waals surface area contributed by atoms with Gasteiger partial charge in [-0.3, -0.25) is 0 Å². The molecule has 23 heavy (non-hydrogen) atoms. The van der Waals surface area contributed by atoms with E-state index in [9.17, 15) is 0 Å². The second kappa shape index (κ2) is 7.17. The molecule has 1 aliphatic heterocycles. The summed E-state index contributed by atoms with van der Waals surface area (Å²) in [6.45, 7) is 2.52. The van der Waals surface area contributed by atoms with Crippen molar-refractivity contribution in [3.63, 3.8) is 0 Å². The van der Waals surface area contributed by atoms with Crippen LogP contribution in [0, 0.1) is 23.2 Å². The van der Waals surface area contributed by atoms with E-state index in [1.807, 2.05) is 24.4 Å². The van der Waals surface area contributed by atoms with Gasteiger partial charge in [-0.2, -0.15) is 5.26 Å². The lowest BCUT2D eigenvalue weighted by atomic mass is 9.80. The van der Waals surface area contributed by atoms with Crippen molar-refractivity contribution in [3.05, 3.63) is 65.5 Å². The molecule has 1 aromatic rings. The van der Waals surface area contributed by atoms with Gasteiger partial charge < -0.3 is 16.4 Å². The Morgan fingerprint density at radius 1 is 1.39 bits per heavy atom. The van der Waals surface area contributed by atoms with Crippen LogP contribution in [0.15, 0.2) is 54.4 Å². The van der Waals surface area contributed by atoms with Crippen molar-refractivity contribution in [2.75, 3.05) is 19.6 Å². The molecule has 3 rings (SSSR count). The Hall–Kier alpha value is -2.51. The Morgan fingerprint density at radius 3 is 3.13 bits per heavy atom. The Kier molecular flexibility index (Phi) is 4.80. The normalized spacial score (nSPS) is 22.3. The second-order valence-corrected chi connectivity index (χ2v) is 5.93. The molecule has 4 nitrogen and oxygen atoms in total. The van der Waals surface area contributed by atoms with E-state index in [0.29, 0.717) is 23.9 Å². The zero-order valence-corrected chi connectivity index (χ0v) is 13.1. The van der Waals surface area contributed by atoms with Crippen molar-refractivity contribution in [1.82, 2.24) is 10.6 Å². The fraction of sp³-hybridized carbons (Fsp3) is 0.316. The number of allylic oxidation sites excluding steroid dienone is 4. The van der Waals surface area contributed by atoms with Crippen molar-refractivity contribution >= 4 is 5.57 Å². The predicted molar refractivity (Wildman–Crippen MR) is 93.0 cm³/mol. The summed E-state index contributed by atoms with van der Waals surface area (Å²) in [6.07, 6.45) is 9.71. The van der Waals surface area contributed by atoms with E-state index >= 15 is 0 Å². The van der Waals surface area contributed by atoms with Gasteiger partial charge in [-0.1, -0.05) is 24.3 Å². The van der Waals surface area contributed by atoms with Crippen LogP contribution in [0.4, 0.5) is 0 Å². The topological polar surface area (TPSA) is 73.9 Å². The summed E-state index contributed by atoms with van der Waals surface area (Å²) in [5.41, 5.74) is 9.81. The Morgan fingerprint density at radius 2 is 2.30 bits per heavy atom. The lowest BCUT2D eigenvalue weighted by Crippen LogP contribution is -2.36. The van der Waals surface area contributed by atoms with E-state index in [-0.39, 0.29) is 0 Å². The molecule has 2 atom stereocenters. The van der Waals surface area contributed by atoms with E-state index in [1.165, 1.54) is 11.3 Å². The largest absolute Gasteiger partial charge is 0.390 e. The van der Waals surface area contributed by atoms with Crippen LogP contribution in [0.2, 0.25) is 0 Å². The Balaban J connectivity index is 1.91. The van der Waals surface area contributed by atoms with Gasteiger partial charge in [0.1, 0.15) is 0 Å². The second-order valence-electron chi connectivity index (χ2n) is 5.93. The van der Waals surface area contributed by atoms with Gasteiger partial charge in [-0.15, -0.1) is 0 Å². The fourth-order valence-electron chi connectivity index (χ4n) is 3.13. The van der Waals surface area contributed by atoms with E-state index in [2.05, 4.69) is 41.0 Å². The molecule has 1 aliphatic carbocycles. The number of nitriles is 1. The summed E-state index contributed by atoms with van der Waals surface area (Å²) in [5.74, 6) is 0.808. The zero-order chi connectivity index (χ0) is 16.1. The molecule has 2 aliphatic rings. The number of nitrogens with two attached hydrogens (primary N) is 1. The SMILES string of the molecule is N#Cc1cccc(C2=CC3C=CNCC3C(NCCCN)=C2)c1. The molecule has 0 amide bonds. The maximum Gasteiger partial charge on any atom is 0.0991 e. The van der Waals surface area contributed by atoms with Crippen LogP contribution < -0.4 is 16.4 Å². The molecule has 1 heterocycles.